The van der Waals surface area contributed by atoms with Crippen LogP contribution in [0.2, 0.25) is 0 Å². The number of rotatable bonds is 6. The summed E-state index contributed by atoms with van der Waals surface area (Å²) in [4.78, 5) is 22.0. The van der Waals surface area contributed by atoms with E-state index in [2.05, 4.69) is 19.2 Å². The number of benzene rings is 1. The van der Waals surface area contributed by atoms with E-state index in [0.29, 0.717) is 5.92 Å². The Morgan fingerprint density at radius 2 is 1.90 bits per heavy atom. The molecular formula is C15H20N2O3. The normalized spacial score (nSPS) is 12.6. The van der Waals surface area contributed by atoms with Gasteiger partial charge in [0.15, 0.2) is 0 Å². The molecule has 1 unspecified atom stereocenters. The van der Waals surface area contributed by atoms with Crippen LogP contribution in [0.3, 0.4) is 0 Å². The van der Waals surface area contributed by atoms with Crippen LogP contribution in [-0.4, -0.2) is 29.6 Å². The minimum absolute atomic E-state index is 0.190. The second kappa shape index (κ2) is 7.45. The maximum atomic E-state index is 11.5. The molecule has 0 spiro atoms. The molecule has 5 heteroatoms. The Morgan fingerprint density at radius 1 is 1.30 bits per heavy atom. The molecule has 0 bridgehead atoms. The summed E-state index contributed by atoms with van der Waals surface area (Å²) in [6.07, 6.45) is 1.64. The lowest BCUT2D eigenvalue weighted by atomic mass is 10.0. The van der Waals surface area contributed by atoms with Gasteiger partial charge in [-0.15, -0.1) is 0 Å². The predicted molar refractivity (Wildman–Crippen MR) is 77.8 cm³/mol. The Bertz CT molecular complexity index is 492. The fourth-order valence-corrected chi connectivity index (χ4v) is 1.52. The van der Waals surface area contributed by atoms with Gasteiger partial charge in [-0.25, -0.2) is 0 Å². The molecule has 0 fully saturated rings. The molecule has 0 aromatic heterocycles. The van der Waals surface area contributed by atoms with Crippen LogP contribution < -0.4 is 11.1 Å². The summed E-state index contributed by atoms with van der Waals surface area (Å²) >= 11 is 0. The van der Waals surface area contributed by atoms with Crippen LogP contribution in [0.4, 0.5) is 0 Å². The molecular weight excluding hydrogens is 256 g/mol. The number of amides is 2. The highest BCUT2D eigenvalue weighted by Crippen LogP contribution is 2.15. The van der Waals surface area contributed by atoms with Gasteiger partial charge in [-0.05, 0) is 23.1 Å². The van der Waals surface area contributed by atoms with Crippen LogP contribution >= 0.6 is 0 Å². The van der Waals surface area contributed by atoms with E-state index in [1.54, 1.807) is 6.08 Å². The highest BCUT2D eigenvalue weighted by molar-refractivity contribution is 5.92. The molecule has 0 aliphatic rings. The first kappa shape index (κ1) is 15.9. The van der Waals surface area contributed by atoms with Gasteiger partial charge in [0.25, 0.3) is 0 Å². The Balaban J connectivity index is 2.50. The number of primary amides is 1. The SMILES string of the molecule is CC(C)c1ccc(/C=C/C(=O)NCC(O)C(N)=O)cc1. The molecule has 0 aliphatic heterocycles. The van der Waals surface area contributed by atoms with Gasteiger partial charge in [0.2, 0.25) is 11.8 Å². The largest absolute Gasteiger partial charge is 0.381 e. The summed E-state index contributed by atoms with van der Waals surface area (Å²) in [5, 5.41) is 11.5. The van der Waals surface area contributed by atoms with E-state index in [4.69, 9.17) is 10.8 Å². The first-order valence-corrected chi connectivity index (χ1v) is 6.43. The standard InChI is InChI=1S/C15H20N2O3/c1-10(2)12-6-3-11(4-7-12)5-8-14(19)17-9-13(18)15(16)20/h3-8,10,13,18H,9H2,1-2H3,(H2,16,20)(H,17,19)/b8-5+. The summed E-state index contributed by atoms with van der Waals surface area (Å²) in [5.41, 5.74) is 7.00. The Kier molecular flexibility index (Phi) is 5.93. The highest BCUT2D eigenvalue weighted by Gasteiger charge is 2.10. The van der Waals surface area contributed by atoms with Gasteiger partial charge in [-0.1, -0.05) is 38.1 Å². The summed E-state index contributed by atoms with van der Waals surface area (Å²) < 4.78 is 0. The van der Waals surface area contributed by atoms with Crippen LogP contribution in [0.1, 0.15) is 30.9 Å². The zero-order valence-electron chi connectivity index (χ0n) is 11.7. The summed E-state index contributed by atoms with van der Waals surface area (Å²) in [6, 6.07) is 7.88. The fraction of sp³-hybridized carbons (Fsp3) is 0.333. The lowest BCUT2D eigenvalue weighted by Gasteiger charge is -2.06. The number of carbonyl (C=O) groups excluding carboxylic acids is 2. The second-order valence-electron chi connectivity index (χ2n) is 4.82. The number of aliphatic hydroxyl groups excluding tert-OH is 1. The van der Waals surface area contributed by atoms with Gasteiger partial charge >= 0.3 is 0 Å². The van der Waals surface area contributed by atoms with Crippen molar-refractivity contribution < 1.29 is 14.7 Å². The third-order valence-corrected chi connectivity index (χ3v) is 2.83. The van der Waals surface area contributed by atoms with Crippen molar-refractivity contribution in [3.8, 4) is 0 Å². The smallest absolute Gasteiger partial charge is 0.248 e. The molecule has 108 valence electrons. The lowest BCUT2D eigenvalue weighted by molar-refractivity contribution is -0.126. The van der Waals surface area contributed by atoms with Crippen molar-refractivity contribution in [2.75, 3.05) is 6.54 Å². The molecule has 0 heterocycles. The maximum absolute atomic E-state index is 11.5. The number of hydrogen-bond acceptors (Lipinski definition) is 3. The summed E-state index contributed by atoms with van der Waals surface area (Å²) in [5.74, 6) is -0.789. The van der Waals surface area contributed by atoms with Crippen molar-refractivity contribution in [2.45, 2.75) is 25.9 Å². The van der Waals surface area contributed by atoms with Crippen LogP contribution in [0.5, 0.6) is 0 Å². The molecule has 5 nitrogen and oxygen atoms in total. The summed E-state index contributed by atoms with van der Waals surface area (Å²) in [7, 11) is 0. The lowest BCUT2D eigenvalue weighted by Crippen LogP contribution is -2.39. The van der Waals surface area contributed by atoms with Crippen LogP contribution in [0.25, 0.3) is 6.08 Å². The topological polar surface area (TPSA) is 92.4 Å². The van der Waals surface area contributed by atoms with Gasteiger partial charge in [0.1, 0.15) is 6.10 Å². The Labute approximate surface area is 118 Å². The van der Waals surface area contributed by atoms with E-state index in [1.807, 2.05) is 24.3 Å². The van der Waals surface area contributed by atoms with Crippen LogP contribution in [0.15, 0.2) is 30.3 Å². The second-order valence-corrected chi connectivity index (χ2v) is 4.82. The van der Waals surface area contributed by atoms with Crippen molar-refractivity contribution in [3.05, 3.63) is 41.5 Å². The van der Waals surface area contributed by atoms with Gasteiger partial charge in [-0.2, -0.15) is 0 Å². The van der Waals surface area contributed by atoms with E-state index < -0.39 is 17.9 Å². The van der Waals surface area contributed by atoms with Crippen molar-refractivity contribution in [1.29, 1.82) is 0 Å². The van der Waals surface area contributed by atoms with Crippen molar-refractivity contribution in [1.82, 2.24) is 5.32 Å². The van der Waals surface area contributed by atoms with Crippen LogP contribution in [-0.2, 0) is 9.59 Å². The van der Waals surface area contributed by atoms with E-state index in [0.717, 1.165) is 5.56 Å². The molecule has 1 atom stereocenters. The molecule has 0 aliphatic carbocycles. The average Bonchev–Trinajstić information content (AvgIpc) is 2.42. The number of nitrogens with two attached hydrogens (primary N) is 1. The van der Waals surface area contributed by atoms with Crippen LogP contribution in [0, 0.1) is 0 Å². The Hall–Kier alpha value is -2.14. The highest BCUT2D eigenvalue weighted by atomic mass is 16.3. The number of carbonyl (C=O) groups is 2. The molecule has 1 rings (SSSR count). The Morgan fingerprint density at radius 3 is 2.40 bits per heavy atom. The monoisotopic (exact) mass is 276 g/mol. The van der Waals surface area contributed by atoms with E-state index in [-0.39, 0.29) is 6.54 Å². The molecule has 1 aromatic rings. The van der Waals surface area contributed by atoms with Gasteiger partial charge in [0.05, 0.1) is 6.54 Å². The predicted octanol–water partition coefficient (Wildman–Crippen LogP) is 0.786. The van der Waals surface area contributed by atoms with Gasteiger partial charge in [0, 0.05) is 6.08 Å². The average molecular weight is 276 g/mol. The molecule has 0 saturated carbocycles. The third-order valence-electron chi connectivity index (χ3n) is 2.83. The van der Waals surface area contributed by atoms with Crippen molar-refractivity contribution in [3.63, 3.8) is 0 Å². The van der Waals surface area contributed by atoms with E-state index >= 15 is 0 Å². The zero-order valence-corrected chi connectivity index (χ0v) is 11.7. The van der Waals surface area contributed by atoms with E-state index in [9.17, 15) is 9.59 Å². The third kappa shape index (κ3) is 5.24. The quantitative estimate of drug-likeness (QED) is 0.670. The minimum Gasteiger partial charge on any atom is -0.381 e. The zero-order chi connectivity index (χ0) is 15.1. The molecule has 4 N–H and O–H groups in total. The molecule has 1 aromatic carbocycles. The minimum atomic E-state index is -1.36. The first-order chi connectivity index (χ1) is 9.40. The molecule has 2 amide bonds. The van der Waals surface area contributed by atoms with Gasteiger partial charge < -0.3 is 16.2 Å². The van der Waals surface area contributed by atoms with Gasteiger partial charge in [-0.3, -0.25) is 9.59 Å². The van der Waals surface area contributed by atoms with E-state index in [1.165, 1.54) is 11.6 Å². The summed E-state index contributed by atoms with van der Waals surface area (Å²) in [6.45, 7) is 4.04. The molecule has 0 radical (unpaired) electrons. The number of aliphatic hydroxyl groups is 1. The molecule has 20 heavy (non-hydrogen) atoms. The van der Waals surface area contributed by atoms with Crippen molar-refractivity contribution >= 4 is 17.9 Å². The maximum Gasteiger partial charge on any atom is 0.248 e. The first-order valence-electron chi connectivity index (χ1n) is 6.43. The van der Waals surface area contributed by atoms with Crippen molar-refractivity contribution in [2.24, 2.45) is 5.73 Å². The number of nitrogens with one attached hydrogen (secondary N) is 1. The number of hydrogen-bond donors (Lipinski definition) is 3. The molecule has 0 saturated heterocycles. The fourth-order valence-electron chi connectivity index (χ4n) is 1.52.